The summed E-state index contributed by atoms with van der Waals surface area (Å²) in [5.74, 6) is 1.39. The third kappa shape index (κ3) is 3.87. The van der Waals surface area contributed by atoms with Crippen molar-refractivity contribution < 1.29 is 4.79 Å². The van der Waals surface area contributed by atoms with E-state index >= 15 is 0 Å². The van der Waals surface area contributed by atoms with Crippen molar-refractivity contribution in [2.24, 2.45) is 5.92 Å². The van der Waals surface area contributed by atoms with Gasteiger partial charge in [0.2, 0.25) is 5.91 Å². The molecule has 2 atom stereocenters. The molecule has 1 N–H and O–H groups in total. The molecule has 0 aromatic carbocycles. The molecule has 14 heavy (non-hydrogen) atoms. The van der Waals surface area contributed by atoms with Gasteiger partial charge >= 0.3 is 0 Å². The molecular formula is C11H20ClNO. The molecule has 0 heterocycles. The maximum Gasteiger partial charge on any atom is 0.220 e. The van der Waals surface area contributed by atoms with Crippen molar-refractivity contribution in [1.29, 1.82) is 0 Å². The molecule has 3 heteroatoms. The largest absolute Gasteiger partial charge is 0.353 e. The molecule has 1 amide bonds. The standard InChI is InChI=1S/C11H20ClNO/c1-9-5-2-3-6-10(9)13-11(14)7-4-8-12/h9-10H,2-8H2,1H3,(H,13,14). The summed E-state index contributed by atoms with van der Waals surface area (Å²) < 4.78 is 0. The molecular weight excluding hydrogens is 198 g/mol. The van der Waals surface area contributed by atoms with Gasteiger partial charge in [0.05, 0.1) is 0 Å². The van der Waals surface area contributed by atoms with Gasteiger partial charge in [-0.25, -0.2) is 0 Å². The minimum absolute atomic E-state index is 0.171. The quantitative estimate of drug-likeness (QED) is 0.721. The second kappa shape index (κ2) is 6.28. The monoisotopic (exact) mass is 217 g/mol. The predicted octanol–water partition coefficient (Wildman–Crippen LogP) is 2.70. The van der Waals surface area contributed by atoms with E-state index in [2.05, 4.69) is 12.2 Å². The molecule has 0 aromatic heterocycles. The summed E-state index contributed by atoms with van der Waals surface area (Å²) in [4.78, 5) is 11.4. The number of alkyl halides is 1. The Bertz CT molecular complexity index is 184. The Morgan fingerprint density at radius 1 is 1.43 bits per heavy atom. The first-order valence-electron chi connectivity index (χ1n) is 5.59. The van der Waals surface area contributed by atoms with Gasteiger partial charge in [-0.15, -0.1) is 11.6 Å². The lowest BCUT2D eigenvalue weighted by molar-refractivity contribution is -0.122. The van der Waals surface area contributed by atoms with Gasteiger partial charge < -0.3 is 5.32 Å². The molecule has 0 radical (unpaired) electrons. The highest BCUT2D eigenvalue weighted by atomic mass is 35.5. The average molecular weight is 218 g/mol. The van der Waals surface area contributed by atoms with Gasteiger partial charge in [0, 0.05) is 18.3 Å². The van der Waals surface area contributed by atoms with Gasteiger partial charge in [0.1, 0.15) is 0 Å². The Balaban J connectivity index is 2.23. The van der Waals surface area contributed by atoms with Crippen LogP contribution in [0.4, 0.5) is 0 Å². The zero-order valence-electron chi connectivity index (χ0n) is 8.89. The van der Waals surface area contributed by atoms with Crippen molar-refractivity contribution in [3.63, 3.8) is 0 Å². The molecule has 1 aliphatic carbocycles. The Morgan fingerprint density at radius 2 is 2.14 bits per heavy atom. The van der Waals surface area contributed by atoms with E-state index in [9.17, 15) is 4.79 Å². The summed E-state index contributed by atoms with van der Waals surface area (Å²) >= 11 is 5.54. The number of rotatable bonds is 4. The molecule has 0 saturated heterocycles. The van der Waals surface area contributed by atoms with Crippen LogP contribution in [0.2, 0.25) is 0 Å². The van der Waals surface area contributed by atoms with Crippen molar-refractivity contribution in [3.05, 3.63) is 0 Å². The Kier molecular flexibility index (Phi) is 5.31. The van der Waals surface area contributed by atoms with Crippen molar-refractivity contribution in [2.45, 2.75) is 51.5 Å². The Morgan fingerprint density at radius 3 is 2.79 bits per heavy atom. The molecule has 2 unspecified atom stereocenters. The van der Waals surface area contributed by atoms with Gasteiger partial charge in [-0.1, -0.05) is 19.8 Å². The van der Waals surface area contributed by atoms with Gasteiger partial charge in [0.15, 0.2) is 0 Å². The highest BCUT2D eigenvalue weighted by Crippen LogP contribution is 2.23. The number of amides is 1. The van der Waals surface area contributed by atoms with Crippen LogP contribution in [0.1, 0.15) is 45.4 Å². The zero-order valence-corrected chi connectivity index (χ0v) is 9.65. The lowest BCUT2D eigenvalue weighted by Crippen LogP contribution is -2.40. The smallest absolute Gasteiger partial charge is 0.220 e. The van der Waals surface area contributed by atoms with Crippen LogP contribution < -0.4 is 5.32 Å². The third-order valence-electron chi connectivity index (χ3n) is 3.00. The number of hydrogen-bond donors (Lipinski definition) is 1. The molecule has 0 bridgehead atoms. The van der Waals surface area contributed by atoms with Crippen molar-refractivity contribution >= 4 is 17.5 Å². The van der Waals surface area contributed by atoms with Crippen molar-refractivity contribution in [1.82, 2.24) is 5.32 Å². The zero-order chi connectivity index (χ0) is 10.4. The fourth-order valence-electron chi connectivity index (χ4n) is 2.04. The van der Waals surface area contributed by atoms with E-state index < -0.39 is 0 Å². The topological polar surface area (TPSA) is 29.1 Å². The maximum absolute atomic E-state index is 11.4. The van der Waals surface area contributed by atoms with Crippen LogP contribution in [0.3, 0.4) is 0 Å². The van der Waals surface area contributed by atoms with Crippen LogP contribution in [-0.4, -0.2) is 17.8 Å². The minimum Gasteiger partial charge on any atom is -0.353 e. The number of hydrogen-bond acceptors (Lipinski definition) is 1. The lowest BCUT2D eigenvalue weighted by atomic mass is 9.86. The SMILES string of the molecule is CC1CCCCC1NC(=O)CCCCl. The number of nitrogens with one attached hydrogen (secondary N) is 1. The summed E-state index contributed by atoms with van der Waals surface area (Å²) in [6.07, 6.45) is 6.33. The second-order valence-electron chi connectivity index (χ2n) is 4.23. The maximum atomic E-state index is 11.4. The summed E-state index contributed by atoms with van der Waals surface area (Å²) in [7, 11) is 0. The van der Waals surface area contributed by atoms with Crippen LogP contribution in [-0.2, 0) is 4.79 Å². The van der Waals surface area contributed by atoms with Crippen molar-refractivity contribution in [2.75, 3.05) is 5.88 Å². The number of carbonyl (C=O) groups is 1. The van der Waals surface area contributed by atoms with E-state index in [1.165, 1.54) is 19.3 Å². The second-order valence-corrected chi connectivity index (χ2v) is 4.61. The molecule has 0 spiro atoms. The van der Waals surface area contributed by atoms with Crippen LogP contribution >= 0.6 is 11.6 Å². The summed E-state index contributed by atoms with van der Waals surface area (Å²) in [5.41, 5.74) is 0. The normalized spacial score (nSPS) is 27.3. The molecule has 0 aliphatic heterocycles. The van der Waals surface area contributed by atoms with Gasteiger partial charge in [0.25, 0.3) is 0 Å². The van der Waals surface area contributed by atoms with E-state index in [0.717, 1.165) is 12.8 Å². The minimum atomic E-state index is 0.171. The first kappa shape index (κ1) is 11.8. The lowest BCUT2D eigenvalue weighted by Gasteiger charge is -2.29. The summed E-state index contributed by atoms with van der Waals surface area (Å²) in [5, 5.41) is 3.11. The fourth-order valence-corrected chi connectivity index (χ4v) is 2.17. The molecule has 1 rings (SSSR count). The highest BCUT2D eigenvalue weighted by Gasteiger charge is 2.22. The van der Waals surface area contributed by atoms with Crippen molar-refractivity contribution in [3.8, 4) is 0 Å². The van der Waals surface area contributed by atoms with Crippen LogP contribution in [0.15, 0.2) is 0 Å². The van der Waals surface area contributed by atoms with Gasteiger partial charge in [-0.05, 0) is 25.2 Å². The highest BCUT2D eigenvalue weighted by molar-refractivity contribution is 6.17. The Hall–Kier alpha value is -0.240. The summed E-state index contributed by atoms with van der Waals surface area (Å²) in [6, 6.07) is 0.409. The molecule has 2 nitrogen and oxygen atoms in total. The average Bonchev–Trinajstić information content (AvgIpc) is 2.18. The van der Waals surface area contributed by atoms with E-state index in [-0.39, 0.29) is 5.91 Å². The van der Waals surface area contributed by atoms with Crippen LogP contribution in [0.25, 0.3) is 0 Å². The van der Waals surface area contributed by atoms with E-state index in [0.29, 0.717) is 24.3 Å². The first-order valence-corrected chi connectivity index (χ1v) is 6.13. The van der Waals surface area contributed by atoms with Crippen LogP contribution in [0.5, 0.6) is 0 Å². The molecule has 82 valence electrons. The molecule has 1 aliphatic rings. The molecule has 0 aromatic rings. The molecule has 1 saturated carbocycles. The van der Waals surface area contributed by atoms with E-state index in [1.807, 2.05) is 0 Å². The van der Waals surface area contributed by atoms with E-state index in [1.54, 1.807) is 0 Å². The fraction of sp³-hybridized carbons (Fsp3) is 0.909. The Labute approximate surface area is 91.4 Å². The van der Waals surface area contributed by atoms with Crippen LogP contribution in [0, 0.1) is 5.92 Å². The molecule has 1 fully saturated rings. The van der Waals surface area contributed by atoms with Gasteiger partial charge in [-0.2, -0.15) is 0 Å². The van der Waals surface area contributed by atoms with E-state index in [4.69, 9.17) is 11.6 Å². The van der Waals surface area contributed by atoms with Gasteiger partial charge in [-0.3, -0.25) is 4.79 Å². The predicted molar refractivity (Wildman–Crippen MR) is 59.5 cm³/mol. The summed E-state index contributed by atoms with van der Waals surface area (Å²) in [6.45, 7) is 2.23. The third-order valence-corrected chi connectivity index (χ3v) is 3.26. The first-order chi connectivity index (χ1) is 6.74. The number of halogens is 1. The number of carbonyl (C=O) groups excluding carboxylic acids is 1.